The van der Waals surface area contributed by atoms with Crippen LogP contribution < -0.4 is 0 Å². The van der Waals surface area contributed by atoms with E-state index in [1.54, 1.807) is 6.92 Å². The minimum Gasteiger partial charge on any atom is -0.390 e. The van der Waals surface area contributed by atoms with Crippen molar-refractivity contribution in [2.24, 2.45) is 0 Å². The van der Waals surface area contributed by atoms with Gasteiger partial charge in [-0.25, -0.2) is 0 Å². The van der Waals surface area contributed by atoms with E-state index in [1.165, 1.54) is 6.92 Å². The number of rotatable bonds is 3. The summed E-state index contributed by atoms with van der Waals surface area (Å²) in [5, 5.41) is 20.3. The number of ether oxygens (including phenoxy) is 1. The standard InChI is InChI=1S/C13H24O4/c1-9(14)5-6-11-13(4,16)8-7-10(15)12(2,3)17-11/h10-11,15-16H,5-8H2,1-4H3/t10-,11-,13+/m1/s1. The maximum atomic E-state index is 11.0. The molecular weight excluding hydrogens is 220 g/mol. The quantitative estimate of drug-likeness (QED) is 0.788. The molecule has 1 aliphatic rings. The van der Waals surface area contributed by atoms with E-state index in [9.17, 15) is 15.0 Å². The number of ketones is 1. The van der Waals surface area contributed by atoms with Gasteiger partial charge in [0.15, 0.2) is 0 Å². The molecule has 0 aromatic rings. The Morgan fingerprint density at radius 3 is 2.53 bits per heavy atom. The highest BCUT2D eigenvalue weighted by atomic mass is 16.5. The summed E-state index contributed by atoms with van der Waals surface area (Å²) in [6.07, 6.45) is 0.900. The number of hydrogen-bond donors (Lipinski definition) is 2. The fourth-order valence-electron chi connectivity index (χ4n) is 2.21. The summed E-state index contributed by atoms with van der Waals surface area (Å²) in [6.45, 7) is 6.89. The van der Waals surface area contributed by atoms with Crippen molar-refractivity contribution in [3.05, 3.63) is 0 Å². The van der Waals surface area contributed by atoms with Gasteiger partial charge in [0.2, 0.25) is 0 Å². The Labute approximate surface area is 103 Å². The van der Waals surface area contributed by atoms with Crippen LogP contribution in [0.25, 0.3) is 0 Å². The predicted octanol–water partition coefficient (Wildman–Crippen LogP) is 1.43. The molecule has 1 fully saturated rings. The van der Waals surface area contributed by atoms with Crippen LogP contribution in [0.3, 0.4) is 0 Å². The number of aliphatic hydroxyl groups is 2. The third kappa shape index (κ3) is 3.76. The summed E-state index contributed by atoms with van der Waals surface area (Å²) in [7, 11) is 0. The molecule has 0 aromatic carbocycles. The van der Waals surface area contributed by atoms with Crippen LogP contribution in [-0.2, 0) is 9.53 Å². The molecule has 0 aromatic heterocycles. The molecular formula is C13H24O4. The van der Waals surface area contributed by atoms with E-state index in [1.807, 2.05) is 13.8 Å². The van der Waals surface area contributed by atoms with Crippen LogP contribution in [0.2, 0.25) is 0 Å². The molecule has 0 saturated carbocycles. The molecule has 0 amide bonds. The van der Waals surface area contributed by atoms with Gasteiger partial charge in [-0.15, -0.1) is 0 Å². The maximum Gasteiger partial charge on any atom is 0.129 e. The minimum atomic E-state index is -0.982. The average molecular weight is 244 g/mol. The lowest BCUT2D eigenvalue weighted by Crippen LogP contribution is -2.45. The van der Waals surface area contributed by atoms with Gasteiger partial charge < -0.3 is 19.7 Å². The molecule has 4 heteroatoms. The topological polar surface area (TPSA) is 66.8 Å². The zero-order valence-corrected chi connectivity index (χ0v) is 11.2. The minimum absolute atomic E-state index is 0.0898. The van der Waals surface area contributed by atoms with E-state index in [4.69, 9.17) is 4.74 Å². The Hall–Kier alpha value is -0.450. The molecule has 0 aliphatic carbocycles. The van der Waals surface area contributed by atoms with Crippen LogP contribution >= 0.6 is 0 Å². The van der Waals surface area contributed by atoms with Crippen molar-refractivity contribution in [3.8, 4) is 0 Å². The number of Topliss-reactive ketones (excluding diaryl/α,β-unsaturated/α-hetero) is 1. The third-order valence-electron chi connectivity index (χ3n) is 3.62. The van der Waals surface area contributed by atoms with Gasteiger partial charge in [-0.1, -0.05) is 0 Å². The van der Waals surface area contributed by atoms with Crippen molar-refractivity contribution in [3.63, 3.8) is 0 Å². The second kappa shape index (κ2) is 5.04. The fraction of sp³-hybridized carbons (Fsp3) is 0.923. The van der Waals surface area contributed by atoms with Crippen LogP contribution in [0.15, 0.2) is 0 Å². The largest absolute Gasteiger partial charge is 0.390 e. The Morgan fingerprint density at radius 1 is 1.41 bits per heavy atom. The molecule has 0 radical (unpaired) electrons. The average Bonchev–Trinajstić information content (AvgIpc) is 2.26. The van der Waals surface area contributed by atoms with Gasteiger partial charge in [0, 0.05) is 6.42 Å². The van der Waals surface area contributed by atoms with Gasteiger partial charge in [0.1, 0.15) is 5.78 Å². The first kappa shape index (κ1) is 14.6. The molecule has 1 rings (SSSR count). The highest BCUT2D eigenvalue weighted by Gasteiger charge is 2.43. The second-order valence-electron chi connectivity index (χ2n) is 5.86. The summed E-state index contributed by atoms with van der Waals surface area (Å²) in [6, 6.07) is 0. The summed E-state index contributed by atoms with van der Waals surface area (Å²) in [4.78, 5) is 11.0. The Bertz CT molecular complexity index is 283. The first-order valence-electron chi connectivity index (χ1n) is 6.23. The van der Waals surface area contributed by atoms with Crippen molar-refractivity contribution >= 4 is 5.78 Å². The van der Waals surface area contributed by atoms with Gasteiger partial charge in [-0.2, -0.15) is 0 Å². The molecule has 1 saturated heterocycles. The number of aliphatic hydroxyl groups excluding tert-OH is 1. The van der Waals surface area contributed by atoms with Crippen molar-refractivity contribution < 1.29 is 19.7 Å². The molecule has 1 heterocycles. The van der Waals surface area contributed by atoms with Crippen molar-refractivity contribution in [1.29, 1.82) is 0 Å². The van der Waals surface area contributed by atoms with Gasteiger partial charge in [0.05, 0.1) is 23.4 Å². The molecule has 3 atom stereocenters. The van der Waals surface area contributed by atoms with Gasteiger partial charge in [0.25, 0.3) is 0 Å². The van der Waals surface area contributed by atoms with Crippen molar-refractivity contribution in [2.75, 3.05) is 0 Å². The summed E-state index contributed by atoms with van der Waals surface area (Å²) >= 11 is 0. The van der Waals surface area contributed by atoms with Crippen LogP contribution in [-0.4, -0.2) is 39.4 Å². The van der Waals surface area contributed by atoms with Crippen LogP contribution in [0.1, 0.15) is 53.4 Å². The Balaban J connectivity index is 2.79. The monoisotopic (exact) mass is 244 g/mol. The van der Waals surface area contributed by atoms with E-state index in [0.717, 1.165) is 0 Å². The lowest BCUT2D eigenvalue weighted by atomic mass is 9.89. The summed E-state index contributed by atoms with van der Waals surface area (Å²) in [5.74, 6) is 0.0898. The lowest BCUT2D eigenvalue weighted by Gasteiger charge is -2.35. The molecule has 4 nitrogen and oxygen atoms in total. The normalized spacial score (nSPS) is 37.5. The van der Waals surface area contributed by atoms with E-state index < -0.39 is 23.4 Å². The van der Waals surface area contributed by atoms with Gasteiger partial charge in [-0.3, -0.25) is 0 Å². The van der Waals surface area contributed by atoms with E-state index >= 15 is 0 Å². The van der Waals surface area contributed by atoms with Crippen LogP contribution in [0.4, 0.5) is 0 Å². The molecule has 0 bridgehead atoms. The van der Waals surface area contributed by atoms with Gasteiger partial charge in [-0.05, 0) is 47.0 Å². The first-order valence-corrected chi connectivity index (χ1v) is 6.23. The third-order valence-corrected chi connectivity index (χ3v) is 3.62. The molecule has 100 valence electrons. The van der Waals surface area contributed by atoms with Crippen LogP contribution in [0, 0.1) is 0 Å². The molecule has 2 N–H and O–H groups in total. The summed E-state index contributed by atoms with van der Waals surface area (Å²) < 4.78 is 5.82. The van der Waals surface area contributed by atoms with Crippen molar-refractivity contribution in [2.45, 2.75) is 76.8 Å². The van der Waals surface area contributed by atoms with Crippen LogP contribution in [0.5, 0.6) is 0 Å². The smallest absolute Gasteiger partial charge is 0.129 e. The van der Waals surface area contributed by atoms with Gasteiger partial charge >= 0.3 is 0 Å². The highest BCUT2D eigenvalue weighted by Crippen LogP contribution is 2.35. The number of hydrogen-bond acceptors (Lipinski definition) is 4. The zero-order valence-electron chi connectivity index (χ0n) is 11.2. The number of carbonyl (C=O) groups is 1. The highest BCUT2D eigenvalue weighted by molar-refractivity contribution is 5.75. The molecule has 0 spiro atoms. The Kier molecular flexibility index (Phi) is 4.33. The number of carbonyl (C=O) groups excluding carboxylic acids is 1. The van der Waals surface area contributed by atoms with E-state index in [2.05, 4.69) is 0 Å². The van der Waals surface area contributed by atoms with E-state index in [0.29, 0.717) is 25.7 Å². The molecule has 1 aliphatic heterocycles. The lowest BCUT2D eigenvalue weighted by molar-refractivity contribution is -0.171. The zero-order chi connectivity index (χ0) is 13.3. The molecule has 17 heavy (non-hydrogen) atoms. The SMILES string of the molecule is CC(=O)CC[C@H]1OC(C)(C)[C@H](O)CC[C@]1(C)O. The Morgan fingerprint density at radius 2 is 2.00 bits per heavy atom. The maximum absolute atomic E-state index is 11.0. The summed E-state index contributed by atoms with van der Waals surface area (Å²) in [5.41, 5.74) is -1.66. The molecule has 0 unspecified atom stereocenters. The fourth-order valence-corrected chi connectivity index (χ4v) is 2.21. The van der Waals surface area contributed by atoms with E-state index in [-0.39, 0.29) is 5.78 Å². The second-order valence-corrected chi connectivity index (χ2v) is 5.86. The predicted molar refractivity (Wildman–Crippen MR) is 64.7 cm³/mol. The first-order chi connectivity index (χ1) is 7.65. The van der Waals surface area contributed by atoms with Crippen molar-refractivity contribution in [1.82, 2.24) is 0 Å².